The highest BCUT2D eigenvalue weighted by Gasteiger charge is 2.61. The predicted molar refractivity (Wildman–Crippen MR) is 141 cm³/mol. The highest BCUT2D eigenvalue weighted by molar-refractivity contribution is 9.10. The first-order valence-corrected chi connectivity index (χ1v) is 12.7. The summed E-state index contributed by atoms with van der Waals surface area (Å²) in [5, 5.41) is 2.55. The number of furan rings is 1. The van der Waals surface area contributed by atoms with Gasteiger partial charge in [0.05, 0.1) is 16.4 Å². The summed E-state index contributed by atoms with van der Waals surface area (Å²) < 4.78 is 7.08. The first kappa shape index (κ1) is 23.3. The van der Waals surface area contributed by atoms with Crippen LogP contribution in [0, 0.1) is 5.92 Å². The van der Waals surface area contributed by atoms with Crippen molar-refractivity contribution < 1.29 is 18.8 Å². The molecule has 0 spiro atoms. The lowest BCUT2D eigenvalue weighted by molar-refractivity contribution is -0.126. The van der Waals surface area contributed by atoms with Gasteiger partial charge in [0.2, 0.25) is 5.91 Å². The minimum atomic E-state index is -0.987. The van der Waals surface area contributed by atoms with E-state index in [1.54, 1.807) is 59.7 Å². The largest absolute Gasteiger partial charge is 0.459 e. The summed E-state index contributed by atoms with van der Waals surface area (Å²) in [5.74, 6) is -0.571. The highest BCUT2D eigenvalue weighted by Crippen LogP contribution is 2.48. The lowest BCUT2D eigenvalue weighted by Gasteiger charge is -2.27. The maximum atomic E-state index is 13.7. The van der Waals surface area contributed by atoms with Crippen LogP contribution in [0.25, 0.3) is 11.3 Å². The van der Waals surface area contributed by atoms with Crippen molar-refractivity contribution in [3.05, 3.63) is 105 Å². The van der Waals surface area contributed by atoms with Crippen LogP contribution in [0.4, 0.5) is 11.4 Å². The molecular formula is C27H17BrCl2N2O4. The van der Waals surface area contributed by atoms with Crippen molar-refractivity contribution in [1.29, 1.82) is 0 Å². The molecule has 3 atom stereocenters. The average Bonchev–Trinajstić information content (AvgIpc) is 3.56. The van der Waals surface area contributed by atoms with E-state index in [4.69, 9.17) is 32.5 Å². The molecule has 2 aliphatic heterocycles. The second-order valence-electron chi connectivity index (χ2n) is 8.47. The van der Waals surface area contributed by atoms with Gasteiger partial charge in [-0.2, -0.15) is 0 Å². The van der Waals surface area contributed by atoms with Gasteiger partial charge in [0.15, 0.2) is 6.10 Å². The fourth-order valence-corrected chi connectivity index (χ4v) is 5.46. The van der Waals surface area contributed by atoms with Crippen LogP contribution in [-0.2, 0) is 14.4 Å². The Morgan fingerprint density at radius 2 is 1.56 bits per heavy atom. The van der Waals surface area contributed by atoms with Gasteiger partial charge in [0.1, 0.15) is 23.5 Å². The van der Waals surface area contributed by atoms with E-state index in [-0.39, 0.29) is 5.91 Å². The number of rotatable bonds is 4. The molecule has 2 amide bonds. The second kappa shape index (κ2) is 9.09. The molecule has 4 aromatic rings. The van der Waals surface area contributed by atoms with E-state index in [1.807, 2.05) is 30.3 Å². The van der Waals surface area contributed by atoms with E-state index in [0.29, 0.717) is 38.5 Å². The summed E-state index contributed by atoms with van der Waals surface area (Å²) >= 11 is 15.8. The molecule has 1 aromatic heterocycles. The highest BCUT2D eigenvalue weighted by atomic mass is 79.9. The second-order valence-corrected chi connectivity index (χ2v) is 10.2. The summed E-state index contributed by atoms with van der Waals surface area (Å²) in [6.45, 7) is 0. The standard InChI is InChI=1S/C27H17BrCl2N2O4/c28-15-6-9-17(10-7-15)31-26(33)23-24(32(36-25(23)27(31)34)18-4-2-1-3-5-18)22-13-12-21(35-22)19-11-8-16(29)14-20(19)30/h1-14,23-25H. The van der Waals surface area contributed by atoms with E-state index in [2.05, 4.69) is 15.9 Å². The number of halogens is 3. The normalized spacial score (nSPS) is 21.4. The van der Waals surface area contributed by atoms with Crippen molar-refractivity contribution in [2.75, 3.05) is 9.96 Å². The Morgan fingerprint density at radius 3 is 2.28 bits per heavy atom. The minimum Gasteiger partial charge on any atom is -0.459 e. The van der Waals surface area contributed by atoms with Crippen molar-refractivity contribution in [3.63, 3.8) is 0 Å². The van der Waals surface area contributed by atoms with Crippen molar-refractivity contribution in [1.82, 2.24) is 0 Å². The van der Waals surface area contributed by atoms with Crippen molar-refractivity contribution >= 4 is 62.3 Å². The third-order valence-electron chi connectivity index (χ3n) is 6.33. The average molecular weight is 584 g/mol. The topological polar surface area (TPSA) is 63.0 Å². The van der Waals surface area contributed by atoms with Gasteiger partial charge in [0, 0.05) is 15.1 Å². The van der Waals surface area contributed by atoms with E-state index >= 15 is 0 Å². The first-order valence-electron chi connectivity index (χ1n) is 11.1. The van der Waals surface area contributed by atoms with Gasteiger partial charge < -0.3 is 4.42 Å². The Balaban J connectivity index is 1.42. The molecule has 0 bridgehead atoms. The number of imide groups is 1. The molecule has 6 rings (SSSR count). The fraction of sp³-hybridized carbons (Fsp3) is 0.111. The maximum Gasteiger partial charge on any atom is 0.266 e. The number of hydrogen-bond acceptors (Lipinski definition) is 5. The van der Waals surface area contributed by atoms with Crippen LogP contribution in [0.1, 0.15) is 11.8 Å². The number of benzene rings is 3. The smallest absolute Gasteiger partial charge is 0.266 e. The van der Waals surface area contributed by atoms with Gasteiger partial charge in [0.25, 0.3) is 5.91 Å². The molecule has 3 aromatic carbocycles. The van der Waals surface area contributed by atoms with Crippen LogP contribution in [-0.4, -0.2) is 17.9 Å². The Kier molecular flexibility index (Phi) is 5.88. The van der Waals surface area contributed by atoms with Gasteiger partial charge in [-0.1, -0.05) is 57.3 Å². The Hall–Kier alpha value is -3.10. The number of carbonyl (C=O) groups excluding carboxylic acids is 2. The third kappa shape index (κ3) is 3.83. The van der Waals surface area contributed by atoms with Gasteiger partial charge in [-0.15, -0.1) is 0 Å². The summed E-state index contributed by atoms with van der Waals surface area (Å²) in [7, 11) is 0. The van der Waals surface area contributed by atoms with Crippen molar-refractivity contribution in [2.24, 2.45) is 5.92 Å². The zero-order valence-electron chi connectivity index (χ0n) is 18.5. The van der Waals surface area contributed by atoms with Crippen molar-refractivity contribution in [2.45, 2.75) is 12.1 Å². The number of fused-ring (bicyclic) bond motifs is 1. The molecule has 2 aliphatic rings. The molecule has 0 saturated carbocycles. The van der Waals surface area contributed by atoms with E-state index in [0.717, 1.165) is 4.47 Å². The summed E-state index contributed by atoms with van der Waals surface area (Å²) in [6.07, 6.45) is -0.987. The van der Waals surface area contributed by atoms with Crippen LogP contribution in [0.5, 0.6) is 0 Å². The van der Waals surface area contributed by atoms with Gasteiger partial charge >= 0.3 is 0 Å². The third-order valence-corrected chi connectivity index (χ3v) is 7.40. The van der Waals surface area contributed by atoms with Crippen LogP contribution >= 0.6 is 39.1 Å². The number of carbonyl (C=O) groups is 2. The maximum absolute atomic E-state index is 13.7. The minimum absolute atomic E-state index is 0.349. The van der Waals surface area contributed by atoms with Gasteiger partial charge in [-0.3, -0.25) is 14.4 Å². The molecule has 3 heterocycles. The van der Waals surface area contributed by atoms with E-state index in [9.17, 15) is 9.59 Å². The van der Waals surface area contributed by atoms with Crippen molar-refractivity contribution in [3.8, 4) is 11.3 Å². The number of amides is 2. The van der Waals surface area contributed by atoms with E-state index < -0.39 is 24.0 Å². The lowest BCUT2D eigenvalue weighted by Crippen LogP contribution is -2.37. The fourth-order valence-electron chi connectivity index (χ4n) is 4.69. The molecule has 180 valence electrons. The molecule has 2 saturated heterocycles. The summed E-state index contributed by atoms with van der Waals surface area (Å²) in [5.41, 5.74) is 1.86. The monoisotopic (exact) mass is 582 g/mol. The van der Waals surface area contributed by atoms with Crippen LogP contribution < -0.4 is 9.96 Å². The van der Waals surface area contributed by atoms with Gasteiger partial charge in [-0.25, -0.2) is 9.96 Å². The number of anilines is 2. The summed E-state index contributed by atoms with van der Waals surface area (Å²) in [6, 6.07) is 24.4. The van der Waals surface area contributed by atoms with Crippen LogP contribution in [0.15, 0.2) is 93.8 Å². The zero-order valence-corrected chi connectivity index (χ0v) is 21.6. The quantitative estimate of drug-likeness (QED) is 0.240. The molecule has 6 nitrogen and oxygen atoms in total. The Bertz CT molecular complexity index is 1470. The molecule has 0 aliphatic carbocycles. The van der Waals surface area contributed by atoms with Gasteiger partial charge in [-0.05, 0) is 66.7 Å². The number of nitrogens with zero attached hydrogens (tertiary/aromatic N) is 2. The SMILES string of the molecule is O=C1C2ON(c3ccccc3)C(c3ccc(-c4ccc(Cl)cc4Cl)o3)C2C(=O)N1c1ccc(Br)cc1. The van der Waals surface area contributed by atoms with Crippen LogP contribution in [0.2, 0.25) is 10.0 Å². The first-order chi connectivity index (χ1) is 17.4. The number of para-hydroxylation sites is 1. The van der Waals surface area contributed by atoms with E-state index in [1.165, 1.54) is 4.90 Å². The molecule has 9 heteroatoms. The molecular weight excluding hydrogens is 567 g/mol. The summed E-state index contributed by atoms with van der Waals surface area (Å²) in [4.78, 5) is 34.5. The molecule has 0 radical (unpaired) electrons. The zero-order chi connectivity index (χ0) is 25.0. The molecule has 2 fully saturated rings. The predicted octanol–water partition coefficient (Wildman–Crippen LogP) is 7.07. The lowest BCUT2D eigenvalue weighted by atomic mass is 9.94. The molecule has 0 N–H and O–H groups in total. The van der Waals surface area contributed by atoms with Crippen LogP contribution in [0.3, 0.4) is 0 Å². The Morgan fingerprint density at radius 1 is 0.806 bits per heavy atom. The molecule has 3 unspecified atom stereocenters. The number of hydrogen-bond donors (Lipinski definition) is 0. The molecule has 36 heavy (non-hydrogen) atoms. The number of hydroxylamine groups is 1. The Labute approximate surface area is 225 Å².